The average molecular weight is 585 g/mol. The number of alkyl halides is 6. The van der Waals surface area contributed by atoms with E-state index in [2.05, 4.69) is 4.98 Å². The van der Waals surface area contributed by atoms with Gasteiger partial charge in [-0.3, -0.25) is 9.78 Å². The third-order valence-electron chi connectivity index (χ3n) is 5.27. The molecule has 0 aliphatic rings. The summed E-state index contributed by atoms with van der Waals surface area (Å²) in [5.41, 5.74) is -3.09. The number of hydrogen-bond acceptors (Lipinski definition) is 2. The zero-order valence-electron chi connectivity index (χ0n) is 18.4. The lowest BCUT2D eigenvalue weighted by Crippen LogP contribution is -2.19. The zero-order chi connectivity index (χ0) is 27.5. The summed E-state index contributed by atoms with van der Waals surface area (Å²) in [6.45, 7) is 0. The number of nitrogens with zero attached hydrogens (tertiary/aromatic N) is 1. The van der Waals surface area contributed by atoms with Gasteiger partial charge in [-0.15, -0.1) is 0 Å². The molecule has 2 aromatic carbocycles. The van der Waals surface area contributed by atoms with E-state index in [0.29, 0.717) is 11.8 Å². The van der Waals surface area contributed by atoms with Crippen LogP contribution in [0.3, 0.4) is 0 Å². The minimum atomic E-state index is -5.08. The van der Waals surface area contributed by atoms with Crippen LogP contribution in [0.4, 0.5) is 30.7 Å². The molecule has 37 heavy (non-hydrogen) atoms. The number of aryl methyl sites for hydroxylation is 1. The van der Waals surface area contributed by atoms with Crippen LogP contribution in [0.5, 0.6) is 0 Å². The summed E-state index contributed by atoms with van der Waals surface area (Å²) in [5, 5.41) is -0.851. The van der Waals surface area contributed by atoms with Gasteiger partial charge in [0.2, 0.25) is 0 Å². The lowest BCUT2D eigenvalue weighted by atomic mass is 9.94. The predicted molar refractivity (Wildman–Crippen MR) is 128 cm³/mol. The number of hydrogen-bond donors (Lipinski definition) is 0. The number of halogens is 10. The smallest absolute Gasteiger partial charge is 0.294 e. The molecule has 196 valence electrons. The molecule has 0 spiro atoms. The Morgan fingerprint density at radius 3 is 2.14 bits per heavy atom. The molecule has 0 saturated carbocycles. The SMILES string of the molecule is O=C(CCc1ccccn1)c1ccc(/C(F)=C/C(c2cc(Cl)c(Cl)c(Cl)c2)C(F)(F)F)cc1C(F)(F)F. The molecule has 3 rings (SSSR count). The lowest BCUT2D eigenvalue weighted by Gasteiger charge is -2.19. The summed E-state index contributed by atoms with van der Waals surface area (Å²) in [4.78, 5) is 16.5. The van der Waals surface area contributed by atoms with E-state index < -0.39 is 52.1 Å². The molecule has 1 unspecified atom stereocenters. The van der Waals surface area contributed by atoms with Crippen molar-refractivity contribution in [1.82, 2.24) is 4.98 Å². The van der Waals surface area contributed by atoms with Crippen molar-refractivity contribution in [2.75, 3.05) is 0 Å². The van der Waals surface area contributed by atoms with E-state index in [-0.39, 0.29) is 34.0 Å². The van der Waals surface area contributed by atoms with Gasteiger partial charge in [0, 0.05) is 29.4 Å². The second-order valence-corrected chi connectivity index (χ2v) is 9.03. The van der Waals surface area contributed by atoms with Gasteiger partial charge in [-0.2, -0.15) is 26.3 Å². The first-order valence-corrected chi connectivity index (χ1v) is 11.5. The van der Waals surface area contributed by atoms with E-state index in [1.165, 1.54) is 6.20 Å². The fraction of sp³-hybridized carbons (Fsp3) is 0.200. The Hall–Kier alpha value is -2.62. The zero-order valence-corrected chi connectivity index (χ0v) is 20.7. The first kappa shape index (κ1) is 28.9. The van der Waals surface area contributed by atoms with Crippen molar-refractivity contribution in [3.05, 3.63) is 104 Å². The molecule has 0 aliphatic carbocycles. The summed E-state index contributed by atoms with van der Waals surface area (Å²) in [6, 6.07) is 8.40. The standard InChI is InChI=1S/C25H15Cl3F7NO/c26-19-10-14(11-20(27)23(19)28)17(24(30,31)32)12-21(29)13-4-6-16(18(9-13)25(33,34)35)22(37)7-5-15-3-1-2-8-36-15/h1-4,6,8-12,17H,5,7H2/b21-12-. The van der Waals surface area contributed by atoms with Crippen LogP contribution < -0.4 is 0 Å². The number of Topliss-reactive ketones (excluding diaryl/α,β-unsaturated/α-hetero) is 1. The number of carbonyl (C=O) groups excluding carboxylic acids is 1. The fourth-order valence-corrected chi connectivity index (χ4v) is 4.08. The Morgan fingerprint density at radius 2 is 1.59 bits per heavy atom. The van der Waals surface area contributed by atoms with Gasteiger partial charge in [0.25, 0.3) is 0 Å². The predicted octanol–water partition coefficient (Wildman–Crippen LogP) is 9.53. The summed E-state index contributed by atoms with van der Waals surface area (Å²) in [5.74, 6) is -5.08. The van der Waals surface area contributed by atoms with Crippen LogP contribution in [0.2, 0.25) is 15.1 Å². The molecule has 1 atom stereocenters. The molecule has 1 aromatic heterocycles. The van der Waals surface area contributed by atoms with Gasteiger partial charge in [-0.1, -0.05) is 53.0 Å². The Morgan fingerprint density at radius 1 is 0.946 bits per heavy atom. The number of carbonyl (C=O) groups is 1. The van der Waals surface area contributed by atoms with Crippen molar-refractivity contribution in [2.24, 2.45) is 0 Å². The van der Waals surface area contributed by atoms with Crippen molar-refractivity contribution >= 4 is 46.4 Å². The molecular formula is C25H15Cl3F7NO. The summed E-state index contributed by atoms with van der Waals surface area (Å²) in [7, 11) is 0. The quantitative estimate of drug-likeness (QED) is 0.157. The van der Waals surface area contributed by atoms with Crippen molar-refractivity contribution in [2.45, 2.75) is 31.1 Å². The van der Waals surface area contributed by atoms with Crippen molar-refractivity contribution in [1.29, 1.82) is 0 Å². The average Bonchev–Trinajstić information content (AvgIpc) is 2.83. The van der Waals surface area contributed by atoms with Crippen LogP contribution in [0.15, 0.2) is 60.8 Å². The fourth-order valence-electron chi connectivity index (χ4n) is 3.47. The monoisotopic (exact) mass is 583 g/mol. The number of aromatic nitrogens is 1. The van der Waals surface area contributed by atoms with Crippen molar-refractivity contribution in [3.8, 4) is 0 Å². The van der Waals surface area contributed by atoms with Crippen LogP contribution in [0.1, 0.15) is 45.1 Å². The van der Waals surface area contributed by atoms with E-state index in [9.17, 15) is 35.5 Å². The minimum absolute atomic E-state index is 0.0620. The maximum atomic E-state index is 15.0. The van der Waals surface area contributed by atoms with E-state index in [4.69, 9.17) is 34.8 Å². The summed E-state index contributed by atoms with van der Waals surface area (Å²) >= 11 is 17.3. The Balaban J connectivity index is 1.99. The van der Waals surface area contributed by atoms with Crippen LogP contribution >= 0.6 is 34.8 Å². The Kier molecular flexibility index (Phi) is 8.93. The lowest BCUT2D eigenvalue weighted by molar-refractivity contribution is -0.140. The third kappa shape index (κ3) is 7.24. The maximum absolute atomic E-state index is 15.0. The number of ketones is 1. The second-order valence-electron chi connectivity index (χ2n) is 7.83. The molecule has 0 N–H and O–H groups in total. The van der Waals surface area contributed by atoms with Gasteiger partial charge in [-0.05, 0) is 48.4 Å². The molecule has 1 heterocycles. The maximum Gasteiger partial charge on any atom is 0.417 e. The van der Waals surface area contributed by atoms with E-state index in [1.54, 1.807) is 18.2 Å². The highest BCUT2D eigenvalue weighted by molar-refractivity contribution is 6.48. The van der Waals surface area contributed by atoms with Gasteiger partial charge >= 0.3 is 12.4 Å². The van der Waals surface area contributed by atoms with Gasteiger partial charge in [0.1, 0.15) is 11.7 Å². The van der Waals surface area contributed by atoms with Crippen LogP contribution in [0, 0.1) is 0 Å². The summed E-state index contributed by atoms with van der Waals surface area (Å²) < 4.78 is 97.4. The molecule has 0 bridgehead atoms. The molecule has 0 fully saturated rings. The normalized spacial score (nSPS) is 13.5. The molecule has 0 saturated heterocycles. The van der Waals surface area contributed by atoms with Crippen LogP contribution in [-0.2, 0) is 12.6 Å². The second kappa shape index (κ2) is 11.4. The number of rotatable bonds is 7. The first-order chi connectivity index (χ1) is 17.2. The van der Waals surface area contributed by atoms with Gasteiger partial charge in [0.15, 0.2) is 5.78 Å². The molecule has 3 aromatic rings. The number of pyridine rings is 1. The van der Waals surface area contributed by atoms with Crippen molar-refractivity contribution < 1.29 is 35.5 Å². The van der Waals surface area contributed by atoms with Crippen molar-refractivity contribution in [3.63, 3.8) is 0 Å². The van der Waals surface area contributed by atoms with Gasteiger partial charge < -0.3 is 0 Å². The van der Waals surface area contributed by atoms with Gasteiger partial charge in [0.05, 0.1) is 20.6 Å². The van der Waals surface area contributed by atoms with E-state index in [1.807, 2.05) is 0 Å². The number of allylic oxidation sites excluding steroid dienone is 1. The molecule has 0 amide bonds. The molecular weight excluding hydrogens is 570 g/mol. The highest BCUT2D eigenvalue weighted by Gasteiger charge is 2.41. The molecule has 0 radical (unpaired) electrons. The van der Waals surface area contributed by atoms with Crippen LogP contribution in [0.25, 0.3) is 5.83 Å². The first-order valence-electron chi connectivity index (χ1n) is 10.4. The highest BCUT2D eigenvalue weighted by atomic mass is 35.5. The molecule has 2 nitrogen and oxygen atoms in total. The largest absolute Gasteiger partial charge is 0.417 e. The van der Waals surface area contributed by atoms with Crippen LogP contribution in [-0.4, -0.2) is 16.9 Å². The van der Waals surface area contributed by atoms with E-state index >= 15 is 0 Å². The molecule has 12 heteroatoms. The Bertz CT molecular complexity index is 1300. The van der Waals surface area contributed by atoms with Gasteiger partial charge in [-0.25, -0.2) is 4.39 Å². The molecule has 0 aliphatic heterocycles. The topological polar surface area (TPSA) is 30.0 Å². The van der Waals surface area contributed by atoms with E-state index in [0.717, 1.165) is 24.3 Å². The Labute approximate surface area is 221 Å². The number of benzene rings is 2. The third-order valence-corrected chi connectivity index (χ3v) is 6.46. The summed E-state index contributed by atoms with van der Waals surface area (Å²) in [6.07, 6.45) is -8.81. The highest BCUT2D eigenvalue weighted by Crippen LogP contribution is 2.43. The minimum Gasteiger partial charge on any atom is -0.294 e.